The van der Waals surface area contributed by atoms with Crippen LogP contribution in [-0.4, -0.2) is 31.6 Å². The monoisotopic (exact) mass is 363 g/mol. The number of nitrogens with one attached hydrogen (secondary N) is 1. The standard InChI is InChI=1S/C19H19F2NO4/c1-2-25-19(24)18(23)22-11-12-26-17(13-3-7-15(20)8-4-13)14-5-9-16(21)10-6-14/h3-10,17H,2,11-12H2,1H3,(H,22,23). The summed E-state index contributed by atoms with van der Waals surface area (Å²) in [6.45, 7) is 1.88. The van der Waals surface area contributed by atoms with Crippen molar-refractivity contribution in [2.75, 3.05) is 19.8 Å². The number of benzene rings is 2. The molecule has 26 heavy (non-hydrogen) atoms. The summed E-state index contributed by atoms with van der Waals surface area (Å²) in [7, 11) is 0. The molecule has 2 rings (SSSR count). The van der Waals surface area contributed by atoms with Crippen molar-refractivity contribution in [2.24, 2.45) is 0 Å². The molecule has 1 N–H and O–H groups in total. The van der Waals surface area contributed by atoms with E-state index >= 15 is 0 Å². The molecule has 0 heterocycles. The Morgan fingerprint density at radius 1 is 0.962 bits per heavy atom. The molecular formula is C19H19F2NO4. The Morgan fingerprint density at radius 3 is 1.92 bits per heavy atom. The van der Waals surface area contributed by atoms with Gasteiger partial charge in [-0.25, -0.2) is 13.6 Å². The molecule has 0 aliphatic carbocycles. The zero-order chi connectivity index (χ0) is 18.9. The molecule has 0 fully saturated rings. The summed E-state index contributed by atoms with van der Waals surface area (Å²) in [6, 6.07) is 11.5. The summed E-state index contributed by atoms with van der Waals surface area (Å²) in [5, 5.41) is 2.39. The molecule has 0 aliphatic rings. The van der Waals surface area contributed by atoms with E-state index < -0.39 is 18.0 Å². The first-order chi connectivity index (χ1) is 12.5. The van der Waals surface area contributed by atoms with E-state index in [4.69, 9.17) is 4.74 Å². The molecule has 0 spiro atoms. The van der Waals surface area contributed by atoms with E-state index in [-0.39, 0.29) is 31.4 Å². The van der Waals surface area contributed by atoms with Gasteiger partial charge in [-0.15, -0.1) is 0 Å². The molecule has 0 radical (unpaired) electrons. The fourth-order valence-electron chi connectivity index (χ4n) is 2.27. The molecule has 0 saturated carbocycles. The molecule has 5 nitrogen and oxygen atoms in total. The number of hydrogen-bond acceptors (Lipinski definition) is 4. The lowest BCUT2D eigenvalue weighted by Gasteiger charge is -2.19. The number of carbonyl (C=O) groups is 2. The number of carbonyl (C=O) groups excluding carboxylic acids is 2. The first-order valence-corrected chi connectivity index (χ1v) is 8.08. The first kappa shape index (κ1) is 19.5. The van der Waals surface area contributed by atoms with Gasteiger partial charge in [0.05, 0.1) is 13.2 Å². The Bertz CT molecular complexity index is 687. The Balaban J connectivity index is 2.01. The zero-order valence-corrected chi connectivity index (χ0v) is 14.2. The summed E-state index contributed by atoms with van der Waals surface area (Å²) in [5.74, 6) is -2.57. The SMILES string of the molecule is CCOC(=O)C(=O)NCCOC(c1ccc(F)cc1)c1ccc(F)cc1. The number of hydrogen-bond donors (Lipinski definition) is 1. The quantitative estimate of drug-likeness (QED) is 0.467. The maximum Gasteiger partial charge on any atom is 0.396 e. The summed E-state index contributed by atoms with van der Waals surface area (Å²) < 4.78 is 36.7. The fourth-order valence-corrected chi connectivity index (χ4v) is 2.27. The highest BCUT2D eigenvalue weighted by atomic mass is 19.1. The second-order valence-corrected chi connectivity index (χ2v) is 5.33. The maximum atomic E-state index is 13.2. The third kappa shape index (κ3) is 5.63. The van der Waals surface area contributed by atoms with Gasteiger partial charge in [0, 0.05) is 6.54 Å². The lowest BCUT2D eigenvalue weighted by molar-refractivity contribution is -0.154. The normalized spacial score (nSPS) is 10.6. The van der Waals surface area contributed by atoms with Crippen LogP contribution in [0.15, 0.2) is 48.5 Å². The average Bonchev–Trinajstić information content (AvgIpc) is 2.64. The van der Waals surface area contributed by atoms with Crippen molar-refractivity contribution in [1.82, 2.24) is 5.32 Å². The minimum Gasteiger partial charge on any atom is -0.459 e. The van der Waals surface area contributed by atoms with Crippen molar-refractivity contribution in [1.29, 1.82) is 0 Å². The molecule has 0 aromatic heterocycles. The zero-order valence-electron chi connectivity index (χ0n) is 14.2. The Labute approximate surface area is 149 Å². The lowest BCUT2D eigenvalue weighted by atomic mass is 10.0. The van der Waals surface area contributed by atoms with E-state index in [9.17, 15) is 18.4 Å². The van der Waals surface area contributed by atoms with Gasteiger partial charge >= 0.3 is 11.9 Å². The number of ether oxygens (including phenoxy) is 2. The Hall–Kier alpha value is -2.80. The molecule has 2 aromatic rings. The van der Waals surface area contributed by atoms with Crippen LogP contribution in [-0.2, 0) is 19.1 Å². The van der Waals surface area contributed by atoms with E-state index in [1.165, 1.54) is 24.3 Å². The van der Waals surface area contributed by atoms with Crippen molar-refractivity contribution < 1.29 is 27.8 Å². The summed E-state index contributed by atoms with van der Waals surface area (Å²) in [4.78, 5) is 22.7. The maximum absolute atomic E-state index is 13.2. The highest BCUT2D eigenvalue weighted by molar-refractivity contribution is 6.32. The van der Waals surface area contributed by atoms with Gasteiger partial charge in [-0.1, -0.05) is 24.3 Å². The van der Waals surface area contributed by atoms with Crippen molar-refractivity contribution in [2.45, 2.75) is 13.0 Å². The van der Waals surface area contributed by atoms with Crippen LogP contribution in [0, 0.1) is 11.6 Å². The molecule has 0 bridgehead atoms. The Morgan fingerprint density at radius 2 is 1.46 bits per heavy atom. The molecule has 0 aliphatic heterocycles. The van der Waals surface area contributed by atoms with Crippen molar-refractivity contribution in [3.05, 3.63) is 71.3 Å². The second kappa shape index (κ2) is 9.62. The highest BCUT2D eigenvalue weighted by Crippen LogP contribution is 2.26. The lowest BCUT2D eigenvalue weighted by Crippen LogP contribution is -2.35. The first-order valence-electron chi connectivity index (χ1n) is 8.08. The van der Waals surface area contributed by atoms with E-state index in [0.29, 0.717) is 11.1 Å². The molecule has 1 amide bonds. The van der Waals surface area contributed by atoms with Gasteiger partial charge in [-0.05, 0) is 42.3 Å². The van der Waals surface area contributed by atoms with Crippen molar-refractivity contribution in [3.8, 4) is 0 Å². The minimum absolute atomic E-state index is 0.0799. The third-order valence-corrected chi connectivity index (χ3v) is 3.48. The molecule has 2 aromatic carbocycles. The predicted octanol–water partition coefficient (Wildman–Crippen LogP) is 2.75. The van der Waals surface area contributed by atoms with Gasteiger partial charge in [0.1, 0.15) is 17.7 Å². The number of halogens is 2. The molecule has 0 atom stereocenters. The minimum atomic E-state index is -0.957. The summed E-state index contributed by atoms with van der Waals surface area (Å²) in [6.07, 6.45) is -0.573. The second-order valence-electron chi connectivity index (χ2n) is 5.33. The van der Waals surface area contributed by atoms with Crippen LogP contribution in [0.5, 0.6) is 0 Å². The molecule has 7 heteroatoms. The molecule has 138 valence electrons. The third-order valence-electron chi connectivity index (χ3n) is 3.48. The van der Waals surface area contributed by atoms with E-state index in [2.05, 4.69) is 10.1 Å². The van der Waals surface area contributed by atoms with Crippen molar-refractivity contribution >= 4 is 11.9 Å². The fraction of sp³-hybridized carbons (Fsp3) is 0.263. The molecule has 0 unspecified atom stereocenters. The van der Waals surface area contributed by atoms with Crippen LogP contribution in [0.3, 0.4) is 0 Å². The van der Waals surface area contributed by atoms with Gasteiger partial charge in [-0.2, -0.15) is 0 Å². The van der Waals surface area contributed by atoms with Crippen LogP contribution < -0.4 is 5.32 Å². The van der Waals surface area contributed by atoms with Gasteiger partial charge in [0.2, 0.25) is 0 Å². The predicted molar refractivity (Wildman–Crippen MR) is 90.2 cm³/mol. The van der Waals surface area contributed by atoms with E-state index in [0.717, 1.165) is 0 Å². The average molecular weight is 363 g/mol. The summed E-state index contributed by atoms with van der Waals surface area (Å²) in [5.41, 5.74) is 1.35. The van der Waals surface area contributed by atoms with Crippen LogP contribution in [0.4, 0.5) is 8.78 Å². The van der Waals surface area contributed by atoms with Gasteiger partial charge in [0.25, 0.3) is 0 Å². The largest absolute Gasteiger partial charge is 0.459 e. The van der Waals surface area contributed by atoms with Gasteiger partial charge in [-0.3, -0.25) is 4.79 Å². The van der Waals surface area contributed by atoms with Crippen LogP contribution >= 0.6 is 0 Å². The number of amides is 1. The van der Waals surface area contributed by atoms with Crippen LogP contribution in [0.2, 0.25) is 0 Å². The molecular weight excluding hydrogens is 344 g/mol. The Kier molecular flexibility index (Phi) is 7.23. The smallest absolute Gasteiger partial charge is 0.396 e. The van der Waals surface area contributed by atoms with E-state index in [1.807, 2.05) is 0 Å². The number of rotatable bonds is 7. The van der Waals surface area contributed by atoms with E-state index in [1.54, 1.807) is 31.2 Å². The van der Waals surface area contributed by atoms with Crippen molar-refractivity contribution in [3.63, 3.8) is 0 Å². The summed E-state index contributed by atoms with van der Waals surface area (Å²) >= 11 is 0. The van der Waals surface area contributed by atoms with Crippen LogP contribution in [0.25, 0.3) is 0 Å². The highest BCUT2D eigenvalue weighted by Gasteiger charge is 2.17. The number of esters is 1. The molecule has 0 saturated heterocycles. The van der Waals surface area contributed by atoms with Crippen LogP contribution in [0.1, 0.15) is 24.2 Å². The van der Waals surface area contributed by atoms with Gasteiger partial charge < -0.3 is 14.8 Å². The topological polar surface area (TPSA) is 64.6 Å². The van der Waals surface area contributed by atoms with Gasteiger partial charge in [0.15, 0.2) is 0 Å².